The van der Waals surface area contributed by atoms with E-state index in [0.717, 1.165) is 11.4 Å². The Bertz CT molecular complexity index is 1060. The number of benzene rings is 1. The van der Waals surface area contributed by atoms with Gasteiger partial charge in [-0.25, -0.2) is 0 Å². The fourth-order valence-corrected chi connectivity index (χ4v) is 3.90. The molecule has 0 aliphatic carbocycles. The van der Waals surface area contributed by atoms with Crippen molar-refractivity contribution in [2.45, 2.75) is 31.7 Å². The molecular formula is C21H21N3O4S. The lowest BCUT2D eigenvalue weighted by Crippen LogP contribution is -2.21. The zero-order valence-corrected chi connectivity index (χ0v) is 17.1. The summed E-state index contributed by atoms with van der Waals surface area (Å²) >= 11 is 1.22. The molecule has 3 heterocycles. The van der Waals surface area contributed by atoms with Crippen molar-refractivity contribution in [3.63, 3.8) is 0 Å². The zero-order valence-electron chi connectivity index (χ0n) is 16.3. The second-order valence-corrected chi connectivity index (χ2v) is 7.59. The minimum atomic E-state index is -0.472. The van der Waals surface area contributed by atoms with Gasteiger partial charge in [0, 0.05) is 23.5 Å². The van der Waals surface area contributed by atoms with Crippen LogP contribution in [0.3, 0.4) is 0 Å². The van der Waals surface area contributed by atoms with Gasteiger partial charge >= 0.3 is 0 Å². The molecule has 0 amide bonds. The highest BCUT2D eigenvalue weighted by molar-refractivity contribution is 7.99. The number of carbonyl (C=O) groups excluding carboxylic acids is 1. The van der Waals surface area contributed by atoms with Gasteiger partial charge in [-0.1, -0.05) is 30.0 Å². The number of hydrogen-bond acceptors (Lipinski definition) is 7. The molecule has 7 nitrogen and oxygen atoms in total. The van der Waals surface area contributed by atoms with Gasteiger partial charge in [0.05, 0.1) is 5.75 Å². The number of nitrogens with zero attached hydrogens (tertiary/aromatic N) is 3. The molecule has 29 heavy (non-hydrogen) atoms. The van der Waals surface area contributed by atoms with Gasteiger partial charge in [0.2, 0.25) is 6.10 Å². The third kappa shape index (κ3) is 3.93. The molecule has 0 N–H and O–H groups in total. The number of rotatable bonds is 7. The van der Waals surface area contributed by atoms with Crippen LogP contribution in [0.2, 0.25) is 0 Å². The highest BCUT2D eigenvalue weighted by Crippen LogP contribution is 2.36. The number of hydrogen-bond donors (Lipinski definition) is 0. The Morgan fingerprint density at radius 2 is 2.10 bits per heavy atom. The first-order valence-corrected chi connectivity index (χ1v) is 10.2. The fraction of sp³-hybridized carbons (Fsp3) is 0.286. The van der Waals surface area contributed by atoms with E-state index in [4.69, 9.17) is 13.9 Å². The summed E-state index contributed by atoms with van der Waals surface area (Å²) in [6.45, 7) is 8.66. The summed E-state index contributed by atoms with van der Waals surface area (Å²) in [5.74, 6) is 1.90. The van der Waals surface area contributed by atoms with Crippen LogP contribution in [-0.4, -0.2) is 32.9 Å². The molecule has 0 unspecified atom stereocenters. The smallest absolute Gasteiger partial charge is 0.277 e. The van der Waals surface area contributed by atoms with Gasteiger partial charge in [-0.15, -0.1) is 16.8 Å². The third-order valence-corrected chi connectivity index (χ3v) is 5.54. The highest BCUT2D eigenvalue weighted by atomic mass is 32.2. The van der Waals surface area contributed by atoms with Crippen LogP contribution >= 0.6 is 11.8 Å². The summed E-state index contributed by atoms with van der Waals surface area (Å²) in [5, 5.41) is 8.41. The van der Waals surface area contributed by atoms with E-state index in [2.05, 4.69) is 21.3 Å². The Balaban J connectivity index is 1.40. The van der Waals surface area contributed by atoms with E-state index in [1.807, 2.05) is 50.3 Å². The van der Waals surface area contributed by atoms with Crippen molar-refractivity contribution in [2.24, 2.45) is 0 Å². The number of aromatic nitrogens is 3. The summed E-state index contributed by atoms with van der Waals surface area (Å²) < 4.78 is 19.3. The van der Waals surface area contributed by atoms with Gasteiger partial charge in [-0.3, -0.25) is 4.79 Å². The van der Waals surface area contributed by atoms with Gasteiger partial charge in [0.15, 0.2) is 17.3 Å². The molecule has 0 bridgehead atoms. The summed E-state index contributed by atoms with van der Waals surface area (Å²) in [5.41, 5.74) is 2.67. The van der Waals surface area contributed by atoms with E-state index >= 15 is 0 Å². The van der Waals surface area contributed by atoms with Crippen LogP contribution in [0.4, 0.5) is 0 Å². The van der Waals surface area contributed by atoms with E-state index in [0.29, 0.717) is 34.7 Å². The monoisotopic (exact) mass is 411 g/mol. The van der Waals surface area contributed by atoms with Crippen LogP contribution in [-0.2, 0) is 6.54 Å². The van der Waals surface area contributed by atoms with Gasteiger partial charge in [0.25, 0.3) is 11.1 Å². The molecule has 1 atom stereocenters. The molecule has 0 spiro atoms. The standard InChI is InChI=1S/C21H21N3O4S/c1-4-9-24-13(2)10-15(14(24)3)16(25)12-29-21-23-22-20(28-21)19-11-26-17-7-5-6-8-18(17)27-19/h4-8,10,19H,1,9,11-12H2,2-3H3/t19-/m0/s1. The lowest BCUT2D eigenvalue weighted by Gasteiger charge is -2.23. The first-order chi connectivity index (χ1) is 14.1. The molecule has 8 heteroatoms. The Hall–Kier alpha value is -3.00. The Morgan fingerprint density at radius 1 is 1.31 bits per heavy atom. The van der Waals surface area contributed by atoms with Crippen LogP contribution in [0.15, 0.2) is 52.6 Å². The molecule has 1 aliphatic rings. The Kier molecular flexibility index (Phi) is 5.44. The van der Waals surface area contributed by atoms with E-state index in [9.17, 15) is 4.79 Å². The lowest BCUT2D eigenvalue weighted by molar-refractivity contribution is 0.0686. The lowest BCUT2D eigenvalue weighted by atomic mass is 10.2. The molecule has 1 aliphatic heterocycles. The molecular weight excluding hydrogens is 390 g/mol. The average Bonchev–Trinajstić information content (AvgIpc) is 3.32. The number of thioether (sulfide) groups is 1. The maximum atomic E-state index is 12.7. The van der Waals surface area contributed by atoms with Crippen LogP contribution < -0.4 is 9.47 Å². The van der Waals surface area contributed by atoms with Crippen molar-refractivity contribution in [3.05, 3.63) is 65.8 Å². The van der Waals surface area contributed by atoms with E-state index < -0.39 is 6.10 Å². The molecule has 3 aromatic rings. The molecule has 0 fully saturated rings. The largest absolute Gasteiger partial charge is 0.485 e. The normalized spacial score (nSPS) is 15.3. The van der Waals surface area contributed by atoms with Crippen LogP contribution in [0.5, 0.6) is 11.5 Å². The second-order valence-electron chi connectivity index (χ2n) is 6.67. The van der Waals surface area contributed by atoms with Crippen molar-refractivity contribution in [1.29, 1.82) is 0 Å². The van der Waals surface area contributed by atoms with Gasteiger partial charge in [-0.05, 0) is 32.0 Å². The maximum absolute atomic E-state index is 12.7. The van der Waals surface area contributed by atoms with Gasteiger partial charge in [-0.2, -0.15) is 0 Å². The van der Waals surface area contributed by atoms with Crippen LogP contribution in [0.25, 0.3) is 0 Å². The number of allylic oxidation sites excluding steroid dienone is 1. The Labute approximate surface area is 172 Å². The number of Topliss-reactive ketones (excluding diaryl/α,β-unsaturated/α-hetero) is 1. The number of ether oxygens (including phenoxy) is 2. The maximum Gasteiger partial charge on any atom is 0.277 e. The first-order valence-electron chi connectivity index (χ1n) is 9.22. The van der Waals surface area contributed by atoms with Crippen molar-refractivity contribution in [2.75, 3.05) is 12.4 Å². The van der Waals surface area contributed by atoms with Crippen LogP contribution in [0.1, 0.15) is 33.7 Å². The molecule has 0 saturated heterocycles. The molecule has 2 aromatic heterocycles. The first kappa shape index (κ1) is 19.3. The summed E-state index contributed by atoms with van der Waals surface area (Å²) in [6.07, 6.45) is 1.35. The highest BCUT2D eigenvalue weighted by Gasteiger charge is 2.27. The quantitative estimate of drug-likeness (QED) is 0.328. The molecule has 0 radical (unpaired) electrons. The van der Waals surface area contributed by atoms with Crippen LogP contribution in [0, 0.1) is 13.8 Å². The summed E-state index contributed by atoms with van der Waals surface area (Å²) in [4.78, 5) is 12.7. The number of aryl methyl sites for hydroxylation is 1. The Morgan fingerprint density at radius 3 is 2.90 bits per heavy atom. The number of carbonyl (C=O) groups is 1. The number of para-hydroxylation sites is 2. The van der Waals surface area contributed by atoms with E-state index in [1.165, 1.54) is 11.8 Å². The number of ketones is 1. The minimum absolute atomic E-state index is 0.0179. The van der Waals surface area contributed by atoms with Gasteiger partial charge in [0.1, 0.15) is 6.61 Å². The molecule has 4 rings (SSSR count). The van der Waals surface area contributed by atoms with Crippen molar-refractivity contribution >= 4 is 17.5 Å². The SMILES string of the molecule is C=CCn1c(C)cc(C(=O)CSc2nnc([C@@H]3COc4ccccc4O3)o2)c1C. The molecule has 0 saturated carbocycles. The predicted octanol–water partition coefficient (Wildman–Crippen LogP) is 4.16. The third-order valence-electron chi connectivity index (χ3n) is 4.72. The number of fused-ring (bicyclic) bond motifs is 1. The minimum Gasteiger partial charge on any atom is -0.485 e. The second kappa shape index (κ2) is 8.16. The zero-order chi connectivity index (χ0) is 20.4. The molecule has 150 valence electrons. The summed E-state index contributed by atoms with van der Waals surface area (Å²) in [6, 6.07) is 9.34. The average molecular weight is 411 g/mol. The van der Waals surface area contributed by atoms with Gasteiger partial charge < -0.3 is 18.5 Å². The topological polar surface area (TPSA) is 79.4 Å². The fourth-order valence-electron chi connectivity index (χ4n) is 3.25. The van der Waals surface area contributed by atoms with Crippen molar-refractivity contribution < 1.29 is 18.7 Å². The predicted molar refractivity (Wildman–Crippen MR) is 109 cm³/mol. The van der Waals surface area contributed by atoms with Crippen molar-refractivity contribution in [3.8, 4) is 11.5 Å². The van der Waals surface area contributed by atoms with E-state index in [1.54, 1.807) is 0 Å². The van der Waals surface area contributed by atoms with Crippen molar-refractivity contribution in [1.82, 2.24) is 14.8 Å². The molecule has 1 aromatic carbocycles. The van der Waals surface area contributed by atoms with E-state index in [-0.39, 0.29) is 18.1 Å². The summed E-state index contributed by atoms with van der Waals surface area (Å²) in [7, 11) is 0.